The van der Waals surface area contributed by atoms with E-state index in [1.54, 1.807) is 19.2 Å². The van der Waals surface area contributed by atoms with Crippen LogP contribution in [0.25, 0.3) is 0 Å². The first-order valence-electron chi connectivity index (χ1n) is 5.93. The van der Waals surface area contributed by atoms with Gasteiger partial charge in [0.1, 0.15) is 6.04 Å². The topological polar surface area (TPSA) is 75.6 Å². The highest BCUT2D eigenvalue weighted by atomic mass is 127. The summed E-state index contributed by atoms with van der Waals surface area (Å²) in [6.07, 6.45) is 0.869. The van der Waals surface area contributed by atoms with Crippen LogP contribution >= 0.6 is 34.2 Å². The van der Waals surface area contributed by atoms with Crippen molar-refractivity contribution in [3.05, 3.63) is 32.4 Å². The molecule has 0 aliphatic carbocycles. The second kappa shape index (κ2) is 8.43. The van der Waals surface area contributed by atoms with Crippen LogP contribution in [0.15, 0.2) is 18.2 Å². The van der Waals surface area contributed by atoms with Gasteiger partial charge in [-0.2, -0.15) is 0 Å². The first-order valence-corrected chi connectivity index (χ1v) is 7.39. The average molecular weight is 412 g/mol. The molecule has 0 heterocycles. The zero-order valence-electron chi connectivity index (χ0n) is 10.9. The van der Waals surface area contributed by atoms with Crippen LogP contribution in [0, 0.1) is 3.57 Å². The molecule has 5 nitrogen and oxygen atoms in total. The third-order valence-electron chi connectivity index (χ3n) is 2.63. The highest BCUT2D eigenvalue weighted by Gasteiger charge is 2.20. The number of hydrogen-bond acceptors (Lipinski definition) is 3. The van der Waals surface area contributed by atoms with Crippen molar-refractivity contribution < 1.29 is 19.4 Å². The van der Waals surface area contributed by atoms with Gasteiger partial charge in [0.05, 0.1) is 5.02 Å². The van der Waals surface area contributed by atoms with E-state index in [-0.39, 0.29) is 0 Å². The molecule has 0 saturated carbocycles. The third-order valence-corrected chi connectivity index (χ3v) is 4.20. The van der Waals surface area contributed by atoms with Crippen LogP contribution in [0.2, 0.25) is 5.02 Å². The van der Waals surface area contributed by atoms with Gasteiger partial charge < -0.3 is 15.2 Å². The Labute approximate surface area is 135 Å². The van der Waals surface area contributed by atoms with Crippen molar-refractivity contribution in [2.24, 2.45) is 0 Å². The molecule has 20 heavy (non-hydrogen) atoms. The summed E-state index contributed by atoms with van der Waals surface area (Å²) in [5.74, 6) is -1.51. The van der Waals surface area contributed by atoms with E-state index in [0.717, 1.165) is 3.57 Å². The lowest BCUT2D eigenvalue weighted by molar-refractivity contribution is -0.139. The molecule has 0 aromatic heterocycles. The molecule has 1 unspecified atom stereocenters. The van der Waals surface area contributed by atoms with Gasteiger partial charge in [0, 0.05) is 22.9 Å². The molecule has 1 amide bonds. The number of benzene rings is 1. The fourth-order valence-electron chi connectivity index (χ4n) is 1.57. The zero-order valence-corrected chi connectivity index (χ0v) is 13.8. The van der Waals surface area contributed by atoms with Gasteiger partial charge in [0.2, 0.25) is 0 Å². The summed E-state index contributed by atoms with van der Waals surface area (Å²) in [6, 6.07) is 3.90. The summed E-state index contributed by atoms with van der Waals surface area (Å²) in [7, 11) is 1.54. The third kappa shape index (κ3) is 5.26. The standard InChI is InChI=1S/C13H15ClINO4/c1-20-6-2-3-11(13(18)19)16-12(17)8-4-5-10(15)9(14)7-8/h4-5,7,11H,2-3,6H2,1H3,(H,16,17)(H,18,19). The molecule has 110 valence electrons. The fourth-order valence-corrected chi connectivity index (χ4v) is 2.08. The Hall–Kier alpha value is -0.860. The molecule has 0 radical (unpaired) electrons. The number of methoxy groups -OCH3 is 1. The summed E-state index contributed by atoms with van der Waals surface area (Å²) < 4.78 is 5.70. The number of carboxylic acid groups (broad SMARTS) is 1. The Morgan fingerprint density at radius 2 is 2.20 bits per heavy atom. The number of halogens is 2. The number of carboxylic acids is 1. The van der Waals surface area contributed by atoms with Crippen molar-refractivity contribution >= 4 is 46.1 Å². The van der Waals surface area contributed by atoms with Crippen LogP contribution in [0.5, 0.6) is 0 Å². The van der Waals surface area contributed by atoms with Gasteiger partial charge in [-0.3, -0.25) is 4.79 Å². The van der Waals surface area contributed by atoms with E-state index in [1.165, 1.54) is 6.07 Å². The SMILES string of the molecule is COCCCC(NC(=O)c1ccc(I)c(Cl)c1)C(=O)O. The molecular formula is C13H15ClINO4. The molecule has 0 aliphatic rings. The molecule has 2 N–H and O–H groups in total. The van der Waals surface area contributed by atoms with Crippen molar-refractivity contribution in [2.75, 3.05) is 13.7 Å². The predicted molar refractivity (Wildman–Crippen MR) is 84.2 cm³/mol. The van der Waals surface area contributed by atoms with Gasteiger partial charge in [0.25, 0.3) is 5.91 Å². The van der Waals surface area contributed by atoms with E-state index < -0.39 is 17.9 Å². The van der Waals surface area contributed by atoms with Crippen LogP contribution in [0.4, 0.5) is 0 Å². The van der Waals surface area contributed by atoms with Gasteiger partial charge in [0.15, 0.2) is 0 Å². The zero-order chi connectivity index (χ0) is 15.1. The van der Waals surface area contributed by atoms with Crippen molar-refractivity contribution in [1.82, 2.24) is 5.32 Å². The second-order valence-electron chi connectivity index (χ2n) is 4.13. The molecule has 1 rings (SSSR count). The Balaban J connectivity index is 2.69. The Morgan fingerprint density at radius 1 is 1.50 bits per heavy atom. The van der Waals surface area contributed by atoms with Crippen LogP contribution in [-0.2, 0) is 9.53 Å². The van der Waals surface area contributed by atoms with Crippen molar-refractivity contribution in [1.29, 1.82) is 0 Å². The van der Waals surface area contributed by atoms with Crippen LogP contribution < -0.4 is 5.32 Å². The van der Waals surface area contributed by atoms with Crippen LogP contribution in [0.1, 0.15) is 23.2 Å². The summed E-state index contributed by atoms with van der Waals surface area (Å²) in [6.45, 7) is 0.453. The molecule has 1 aromatic rings. The average Bonchev–Trinajstić information content (AvgIpc) is 2.40. The molecule has 0 bridgehead atoms. The number of carbonyl (C=O) groups is 2. The quantitative estimate of drug-likeness (QED) is 0.534. The van der Waals surface area contributed by atoms with Crippen LogP contribution in [-0.4, -0.2) is 36.7 Å². The minimum Gasteiger partial charge on any atom is -0.480 e. The number of nitrogens with one attached hydrogen (secondary N) is 1. The summed E-state index contributed by atoms with van der Waals surface area (Å²) in [5, 5.41) is 12.0. The maximum atomic E-state index is 12.0. The highest BCUT2D eigenvalue weighted by Crippen LogP contribution is 2.19. The Kier molecular flexibility index (Phi) is 7.25. The first kappa shape index (κ1) is 17.2. The minimum atomic E-state index is -1.06. The fraction of sp³-hybridized carbons (Fsp3) is 0.385. The Bertz CT molecular complexity index is 495. The monoisotopic (exact) mass is 411 g/mol. The van der Waals surface area contributed by atoms with Gasteiger partial charge >= 0.3 is 5.97 Å². The van der Waals surface area contributed by atoms with Gasteiger partial charge in [-0.1, -0.05) is 11.6 Å². The molecule has 7 heteroatoms. The Morgan fingerprint density at radius 3 is 2.75 bits per heavy atom. The predicted octanol–water partition coefficient (Wildman–Crippen LogP) is 2.55. The molecular weight excluding hydrogens is 397 g/mol. The summed E-state index contributed by atoms with van der Waals surface area (Å²) in [5.41, 5.74) is 0.341. The lowest BCUT2D eigenvalue weighted by Gasteiger charge is -2.14. The smallest absolute Gasteiger partial charge is 0.326 e. The molecule has 0 spiro atoms. The molecule has 1 aromatic carbocycles. The van der Waals surface area contributed by atoms with Gasteiger partial charge in [-0.25, -0.2) is 4.79 Å². The summed E-state index contributed by atoms with van der Waals surface area (Å²) >= 11 is 7.99. The number of carbonyl (C=O) groups excluding carboxylic acids is 1. The van der Waals surface area contributed by atoms with E-state index >= 15 is 0 Å². The molecule has 0 fully saturated rings. The maximum absolute atomic E-state index is 12.0. The van der Waals surface area contributed by atoms with Crippen molar-refractivity contribution in [3.63, 3.8) is 0 Å². The van der Waals surface area contributed by atoms with E-state index in [9.17, 15) is 9.59 Å². The van der Waals surface area contributed by atoms with E-state index in [4.69, 9.17) is 21.4 Å². The number of ether oxygens (including phenoxy) is 1. The lowest BCUT2D eigenvalue weighted by atomic mass is 10.1. The normalized spacial score (nSPS) is 11.9. The van der Waals surface area contributed by atoms with E-state index in [1.807, 2.05) is 0 Å². The molecule has 0 saturated heterocycles. The second-order valence-corrected chi connectivity index (χ2v) is 5.70. The maximum Gasteiger partial charge on any atom is 0.326 e. The number of amides is 1. The largest absolute Gasteiger partial charge is 0.480 e. The highest BCUT2D eigenvalue weighted by molar-refractivity contribution is 14.1. The van der Waals surface area contributed by atoms with Crippen molar-refractivity contribution in [3.8, 4) is 0 Å². The van der Waals surface area contributed by atoms with E-state index in [2.05, 4.69) is 27.9 Å². The summed E-state index contributed by atoms with van der Waals surface area (Å²) in [4.78, 5) is 23.1. The van der Waals surface area contributed by atoms with Gasteiger partial charge in [-0.05, 0) is 53.6 Å². The van der Waals surface area contributed by atoms with Gasteiger partial charge in [-0.15, -0.1) is 0 Å². The van der Waals surface area contributed by atoms with Crippen LogP contribution in [0.3, 0.4) is 0 Å². The first-order chi connectivity index (χ1) is 9.45. The lowest BCUT2D eigenvalue weighted by Crippen LogP contribution is -2.40. The van der Waals surface area contributed by atoms with E-state index in [0.29, 0.717) is 30.0 Å². The number of rotatable bonds is 7. The molecule has 1 atom stereocenters. The van der Waals surface area contributed by atoms with Crippen molar-refractivity contribution in [2.45, 2.75) is 18.9 Å². The minimum absolute atomic E-state index is 0.313. The number of hydrogen-bond donors (Lipinski definition) is 2. The molecule has 0 aliphatic heterocycles. The number of aliphatic carboxylic acids is 1.